The fraction of sp³-hybridized carbons (Fsp3) is 0.643. The summed E-state index contributed by atoms with van der Waals surface area (Å²) in [6.07, 6.45) is 1.15. The smallest absolute Gasteiger partial charge is 0.129 e. The van der Waals surface area contributed by atoms with Gasteiger partial charge in [-0.1, -0.05) is 6.92 Å². The zero-order valence-corrected chi connectivity index (χ0v) is 11.7. The summed E-state index contributed by atoms with van der Waals surface area (Å²) in [6.45, 7) is 10.7. The van der Waals surface area contributed by atoms with Crippen LogP contribution in [0, 0.1) is 6.92 Å². The molecular formula is C14H25N3. The van der Waals surface area contributed by atoms with E-state index in [1.165, 1.54) is 5.56 Å². The van der Waals surface area contributed by atoms with Crippen molar-refractivity contribution in [2.75, 3.05) is 18.5 Å². The highest BCUT2D eigenvalue weighted by molar-refractivity contribution is 5.43. The first kappa shape index (κ1) is 14.0. The molecule has 3 nitrogen and oxygen atoms in total. The molecule has 1 rings (SSSR count). The molecule has 17 heavy (non-hydrogen) atoms. The van der Waals surface area contributed by atoms with Gasteiger partial charge >= 0.3 is 0 Å². The van der Waals surface area contributed by atoms with Gasteiger partial charge in [0.15, 0.2) is 0 Å². The van der Waals surface area contributed by atoms with Crippen LogP contribution >= 0.6 is 0 Å². The largest absolute Gasteiger partial charge is 0.354 e. The molecule has 0 saturated heterocycles. The second-order valence-corrected chi connectivity index (χ2v) is 4.79. The Bertz CT molecular complexity index is 347. The van der Waals surface area contributed by atoms with E-state index in [-0.39, 0.29) is 0 Å². The van der Waals surface area contributed by atoms with Crippen LogP contribution < -0.4 is 10.2 Å². The third-order valence-corrected chi connectivity index (χ3v) is 2.76. The highest BCUT2D eigenvalue weighted by Crippen LogP contribution is 2.17. The first-order valence-electron chi connectivity index (χ1n) is 6.47. The molecular weight excluding hydrogens is 210 g/mol. The van der Waals surface area contributed by atoms with Gasteiger partial charge in [-0.2, -0.15) is 0 Å². The van der Waals surface area contributed by atoms with Gasteiger partial charge in [0.05, 0.1) is 0 Å². The predicted molar refractivity (Wildman–Crippen MR) is 74.5 cm³/mol. The molecule has 0 aliphatic carbocycles. The monoisotopic (exact) mass is 235 g/mol. The second-order valence-electron chi connectivity index (χ2n) is 4.79. The van der Waals surface area contributed by atoms with Crippen LogP contribution in [0.3, 0.4) is 0 Å². The minimum atomic E-state index is 0.492. The molecule has 1 N–H and O–H groups in total. The van der Waals surface area contributed by atoms with Gasteiger partial charge < -0.3 is 10.2 Å². The first-order valence-corrected chi connectivity index (χ1v) is 6.47. The standard InChI is InChI=1S/C14H25N3/c1-6-7-17(11(2)3)14-9-13(10-15-5)8-12(4)16-14/h8-9,11,15H,6-7,10H2,1-5H3. The molecule has 0 atom stereocenters. The zero-order valence-electron chi connectivity index (χ0n) is 11.7. The summed E-state index contributed by atoms with van der Waals surface area (Å²) in [5.41, 5.74) is 2.39. The third-order valence-electron chi connectivity index (χ3n) is 2.76. The highest BCUT2D eigenvalue weighted by atomic mass is 15.2. The normalized spacial score (nSPS) is 10.9. The Balaban J connectivity index is 3.00. The van der Waals surface area contributed by atoms with Crippen molar-refractivity contribution in [1.82, 2.24) is 10.3 Å². The summed E-state index contributed by atoms with van der Waals surface area (Å²) in [5.74, 6) is 1.10. The molecule has 1 aromatic rings. The van der Waals surface area contributed by atoms with Crippen LogP contribution in [0.5, 0.6) is 0 Å². The van der Waals surface area contributed by atoms with Gasteiger partial charge in [-0.15, -0.1) is 0 Å². The summed E-state index contributed by atoms with van der Waals surface area (Å²) in [7, 11) is 1.97. The molecule has 96 valence electrons. The lowest BCUT2D eigenvalue weighted by atomic mass is 10.2. The Morgan fingerprint density at radius 3 is 2.59 bits per heavy atom. The minimum absolute atomic E-state index is 0.492. The summed E-state index contributed by atoms with van der Waals surface area (Å²) < 4.78 is 0. The number of hydrogen-bond acceptors (Lipinski definition) is 3. The second kappa shape index (κ2) is 6.60. The van der Waals surface area contributed by atoms with E-state index >= 15 is 0 Å². The Labute approximate surface area is 105 Å². The number of nitrogens with one attached hydrogen (secondary N) is 1. The number of nitrogens with zero attached hydrogens (tertiary/aromatic N) is 2. The van der Waals surface area contributed by atoms with Crippen LogP contribution in [-0.2, 0) is 6.54 Å². The average molecular weight is 235 g/mol. The fourth-order valence-electron chi connectivity index (χ4n) is 2.05. The van der Waals surface area contributed by atoms with Gasteiger partial charge in [0, 0.05) is 24.8 Å². The molecule has 0 fully saturated rings. The lowest BCUT2D eigenvalue weighted by Gasteiger charge is -2.28. The highest BCUT2D eigenvalue weighted by Gasteiger charge is 2.12. The number of aromatic nitrogens is 1. The van der Waals surface area contributed by atoms with Crippen LogP contribution in [0.25, 0.3) is 0 Å². The van der Waals surface area contributed by atoms with E-state index in [1.807, 2.05) is 7.05 Å². The number of aryl methyl sites for hydroxylation is 1. The summed E-state index contributed by atoms with van der Waals surface area (Å²) >= 11 is 0. The van der Waals surface area contributed by atoms with Crippen molar-refractivity contribution in [3.05, 3.63) is 23.4 Å². The van der Waals surface area contributed by atoms with Crippen molar-refractivity contribution in [2.24, 2.45) is 0 Å². The van der Waals surface area contributed by atoms with Gasteiger partial charge in [0.1, 0.15) is 5.82 Å². The zero-order chi connectivity index (χ0) is 12.8. The Morgan fingerprint density at radius 1 is 1.35 bits per heavy atom. The van der Waals surface area contributed by atoms with Gasteiger partial charge in [-0.25, -0.2) is 4.98 Å². The van der Waals surface area contributed by atoms with Crippen LogP contribution in [0.1, 0.15) is 38.4 Å². The molecule has 0 bridgehead atoms. The molecule has 0 spiro atoms. The van der Waals surface area contributed by atoms with Gasteiger partial charge in [-0.05, 0) is 51.9 Å². The van der Waals surface area contributed by atoms with Gasteiger partial charge in [0.25, 0.3) is 0 Å². The van der Waals surface area contributed by atoms with Crippen molar-refractivity contribution in [1.29, 1.82) is 0 Å². The van der Waals surface area contributed by atoms with Crippen LogP contribution in [0.4, 0.5) is 5.82 Å². The molecule has 0 aliphatic heterocycles. The minimum Gasteiger partial charge on any atom is -0.354 e. The summed E-state index contributed by atoms with van der Waals surface area (Å²) in [4.78, 5) is 7.02. The maximum absolute atomic E-state index is 4.65. The van der Waals surface area contributed by atoms with E-state index in [1.54, 1.807) is 0 Å². The van der Waals surface area contributed by atoms with Gasteiger partial charge in [-0.3, -0.25) is 0 Å². The number of anilines is 1. The van der Waals surface area contributed by atoms with Crippen molar-refractivity contribution in [2.45, 2.75) is 46.7 Å². The first-order chi connectivity index (χ1) is 8.08. The molecule has 0 amide bonds. The van der Waals surface area contributed by atoms with Crippen molar-refractivity contribution in [3.8, 4) is 0 Å². The average Bonchev–Trinajstić information content (AvgIpc) is 2.25. The maximum Gasteiger partial charge on any atom is 0.129 e. The fourth-order valence-corrected chi connectivity index (χ4v) is 2.05. The van der Waals surface area contributed by atoms with E-state index in [0.29, 0.717) is 6.04 Å². The molecule has 1 heterocycles. The van der Waals surface area contributed by atoms with Crippen LogP contribution in [0.2, 0.25) is 0 Å². The summed E-state index contributed by atoms with van der Waals surface area (Å²) in [5, 5.41) is 3.19. The van der Waals surface area contributed by atoms with Crippen molar-refractivity contribution in [3.63, 3.8) is 0 Å². The van der Waals surface area contributed by atoms with Crippen LogP contribution in [-0.4, -0.2) is 24.6 Å². The molecule has 3 heteroatoms. The topological polar surface area (TPSA) is 28.2 Å². The third kappa shape index (κ3) is 4.00. The number of pyridine rings is 1. The molecule has 0 saturated carbocycles. The molecule has 0 aromatic carbocycles. The molecule has 1 aromatic heterocycles. The van der Waals surface area contributed by atoms with Crippen molar-refractivity contribution >= 4 is 5.82 Å². The van der Waals surface area contributed by atoms with Crippen molar-refractivity contribution < 1.29 is 0 Å². The van der Waals surface area contributed by atoms with Gasteiger partial charge in [0.2, 0.25) is 0 Å². The maximum atomic E-state index is 4.65. The van der Waals surface area contributed by atoms with E-state index < -0.39 is 0 Å². The Kier molecular flexibility index (Phi) is 5.42. The lowest BCUT2D eigenvalue weighted by Crippen LogP contribution is -2.32. The number of rotatable bonds is 6. The Hall–Kier alpha value is -1.09. The summed E-state index contributed by atoms with van der Waals surface area (Å²) in [6, 6.07) is 4.83. The SMILES string of the molecule is CCCN(c1cc(CNC)cc(C)n1)C(C)C. The quantitative estimate of drug-likeness (QED) is 0.821. The van der Waals surface area contributed by atoms with E-state index in [9.17, 15) is 0 Å². The predicted octanol–water partition coefficient (Wildman–Crippen LogP) is 2.73. The van der Waals surface area contributed by atoms with E-state index in [0.717, 1.165) is 31.0 Å². The van der Waals surface area contributed by atoms with E-state index in [2.05, 4.69) is 55.0 Å². The van der Waals surface area contributed by atoms with Crippen LogP contribution in [0.15, 0.2) is 12.1 Å². The molecule has 0 unspecified atom stereocenters. The molecule has 0 aliphatic rings. The molecule has 0 radical (unpaired) electrons. The number of hydrogen-bond donors (Lipinski definition) is 1. The van der Waals surface area contributed by atoms with E-state index in [4.69, 9.17) is 0 Å². The lowest BCUT2D eigenvalue weighted by molar-refractivity contribution is 0.660. The Morgan fingerprint density at radius 2 is 2.06 bits per heavy atom.